The SMILES string of the molecule is COC(=O)C(C)N1C(=O)S/C(=C/c2cc([N+](=O)[O-])cc(OC)c2O)C1=O. The molecule has 1 aromatic rings. The van der Waals surface area contributed by atoms with Crippen LogP contribution in [0.15, 0.2) is 17.0 Å². The van der Waals surface area contributed by atoms with Gasteiger partial charge < -0.3 is 14.6 Å². The maximum absolute atomic E-state index is 12.4. The van der Waals surface area contributed by atoms with Crippen LogP contribution in [0.5, 0.6) is 11.5 Å². The lowest BCUT2D eigenvalue weighted by atomic mass is 10.1. The van der Waals surface area contributed by atoms with E-state index in [1.165, 1.54) is 14.0 Å². The fourth-order valence-electron chi connectivity index (χ4n) is 2.22. The first-order chi connectivity index (χ1) is 12.2. The Bertz CT molecular complexity index is 835. The van der Waals surface area contributed by atoms with Crippen molar-refractivity contribution >= 4 is 40.6 Å². The number of non-ortho nitro benzene ring substituents is 1. The molecule has 0 aliphatic carbocycles. The van der Waals surface area contributed by atoms with Gasteiger partial charge in [-0.15, -0.1) is 0 Å². The number of phenols is 1. The zero-order valence-corrected chi connectivity index (χ0v) is 14.7. The first kappa shape index (κ1) is 19.2. The summed E-state index contributed by atoms with van der Waals surface area (Å²) in [6.45, 7) is 1.33. The maximum atomic E-state index is 12.4. The van der Waals surface area contributed by atoms with E-state index in [4.69, 9.17) is 4.74 Å². The number of hydrogen-bond donors (Lipinski definition) is 1. The second-order valence-corrected chi connectivity index (χ2v) is 6.09. The van der Waals surface area contributed by atoms with Gasteiger partial charge >= 0.3 is 5.97 Å². The summed E-state index contributed by atoms with van der Waals surface area (Å²) in [5, 5.41) is 20.4. The topological polar surface area (TPSA) is 136 Å². The highest BCUT2D eigenvalue weighted by Crippen LogP contribution is 2.39. The highest BCUT2D eigenvalue weighted by molar-refractivity contribution is 8.18. The van der Waals surface area contributed by atoms with Crippen LogP contribution in [-0.2, 0) is 14.3 Å². The molecule has 11 heteroatoms. The Balaban J connectivity index is 2.46. The number of imide groups is 1. The van der Waals surface area contributed by atoms with E-state index in [0.717, 1.165) is 25.3 Å². The van der Waals surface area contributed by atoms with E-state index in [0.29, 0.717) is 16.7 Å². The summed E-state index contributed by atoms with van der Waals surface area (Å²) < 4.78 is 9.40. The van der Waals surface area contributed by atoms with E-state index in [-0.39, 0.29) is 21.9 Å². The van der Waals surface area contributed by atoms with Crippen LogP contribution in [-0.4, -0.2) is 52.3 Å². The number of esters is 1. The molecule has 2 rings (SSSR count). The first-order valence-electron chi connectivity index (χ1n) is 7.11. The molecule has 26 heavy (non-hydrogen) atoms. The van der Waals surface area contributed by atoms with Crippen LogP contribution in [0.3, 0.4) is 0 Å². The van der Waals surface area contributed by atoms with E-state index in [1.54, 1.807) is 0 Å². The third-order valence-electron chi connectivity index (χ3n) is 3.56. The summed E-state index contributed by atoms with van der Waals surface area (Å²) in [6, 6.07) is 0.930. The predicted molar refractivity (Wildman–Crippen MR) is 90.6 cm³/mol. The lowest BCUT2D eigenvalue weighted by molar-refractivity contribution is -0.385. The number of methoxy groups -OCH3 is 2. The van der Waals surface area contributed by atoms with Gasteiger partial charge in [-0.25, -0.2) is 4.79 Å². The summed E-state index contributed by atoms with van der Waals surface area (Å²) in [7, 11) is 2.34. The van der Waals surface area contributed by atoms with Crippen LogP contribution in [0.25, 0.3) is 6.08 Å². The Hall–Kier alpha value is -3.08. The zero-order valence-electron chi connectivity index (χ0n) is 13.9. The maximum Gasteiger partial charge on any atom is 0.328 e. The van der Waals surface area contributed by atoms with Crippen molar-refractivity contribution in [3.63, 3.8) is 0 Å². The highest BCUT2D eigenvalue weighted by Gasteiger charge is 2.41. The van der Waals surface area contributed by atoms with Crippen molar-refractivity contribution in [3.8, 4) is 11.5 Å². The van der Waals surface area contributed by atoms with Crippen molar-refractivity contribution in [1.29, 1.82) is 0 Å². The molecule has 0 radical (unpaired) electrons. The van der Waals surface area contributed by atoms with Gasteiger partial charge in [-0.2, -0.15) is 0 Å². The molecule has 1 fully saturated rings. The van der Waals surface area contributed by atoms with Gasteiger partial charge in [-0.05, 0) is 24.8 Å². The van der Waals surface area contributed by atoms with Crippen LogP contribution in [0, 0.1) is 10.1 Å². The van der Waals surface area contributed by atoms with Crippen LogP contribution in [0.1, 0.15) is 12.5 Å². The minimum Gasteiger partial charge on any atom is -0.504 e. The molecule has 1 saturated heterocycles. The van der Waals surface area contributed by atoms with Gasteiger partial charge in [-0.3, -0.25) is 24.6 Å². The monoisotopic (exact) mass is 382 g/mol. The first-order valence-corrected chi connectivity index (χ1v) is 7.93. The van der Waals surface area contributed by atoms with Gasteiger partial charge in [-0.1, -0.05) is 0 Å². The lowest BCUT2D eigenvalue weighted by Crippen LogP contribution is -2.42. The molecule has 0 spiro atoms. The quantitative estimate of drug-likeness (QED) is 0.350. The Kier molecular flexibility index (Phi) is 5.50. The molecule has 0 bridgehead atoms. The third-order valence-corrected chi connectivity index (χ3v) is 4.44. The second kappa shape index (κ2) is 7.44. The molecule has 1 aliphatic rings. The molecule has 1 unspecified atom stereocenters. The number of benzene rings is 1. The summed E-state index contributed by atoms with van der Waals surface area (Å²) in [5.74, 6) is -2.13. The van der Waals surface area contributed by atoms with Crippen molar-refractivity contribution in [1.82, 2.24) is 4.90 Å². The number of carbonyl (C=O) groups is 3. The van der Waals surface area contributed by atoms with Gasteiger partial charge in [0.25, 0.3) is 16.8 Å². The van der Waals surface area contributed by atoms with Crippen molar-refractivity contribution in [2.24, 2.45) is 0 Å². The van der Waals surface area contributed by atoms with E-state index in [2.05, 4.69) is 4.74 Å². The predicted octanol–water partition coefficient (Wildman–Crippen LogP) is 1.91. The number of nitro groups is 1. The van der Waals surface area contributed by atoms with Gasteiger partial charge in [0.05, 0.1) is 30.1 Å². The smallest absolute Gasteiger partial charge is 0.328 e. The average Bonchev–Trinajstić information content (AvgIpc) is 2.88. The Morgan fingerprint density at radius 1 is 1.38 bits per heavy atom. The van der Waals surface area contributed by atoms with Crippen LogP contribution in [0.2, 0.25) is 0 Å². The Morgan fingerprint density at radius 2 is 2.04 bits per heavy atom. The van der Waals surface area contributed by atoms with Crippen molar-refractivity contribution in [3.05, 3.63) is 32.7 Å². The minimum atomic E-state index is -1.13. The number of nitrogens with zero attached hydrogens (tertiary/aromatic N) is 2. The second-order valence-electron chi connectivity index (χ2n) is 5.09. The normalized spacial score (nSPS) is 16.7. The number of amides is 2. The molecular weight excluding hydrogens is 368 g/mol. The van der Waals surface area contributed by atoms with Crippen molar-refractivity contribution < 1.29 is 33.9 Å². The molecule has 1 N–H and O–H groups in total. The third kappa shape index (κ3) is 3.47. The van der Waals surface area contributed by atoms with E-state index in [1.807, 2.05) is 0 Å². The molecular formula is C15H14N2O8S. The summed E-state index contributed by atoms with van der Waals surface area (Å²) in [6.07, 6.45) is 1.12. The summed E-state index contributed by atoms with van der Waals surface area (Å²) in [5.41, 5.74) is -0.444. The standard InChI is InChI=1S/C15H14N2O8S/c1-7(14(20)25-3)16-13(19)11(26-15(16)21)5-8-4-9(17(22)23)6-10(24-2)12(8)18/h4-7,18H,1-3H3/b11-5+. The Labute approximate surface area is 151 Å². The molecule has 0 saturated carbocycles. The summed E-state index contributed by atoms with van der Waals surface area (Å²) in [4.78, 5) is 47.0. The number of phenolic OH excluding ortho intramolecular Hbond substituents is 1. The number of ether oxygens (including phenoxy) is 2. The fourth-order valence-corrected chi connectivity index (χ4v) is 3.12. The lowest BCUT2D eigenvalue weighted by Gasteiger charge is -2.18. The molecule has 1 heterocycles. The van der Waals surface area contributed by atoms with Crippen LogP contribution in [0.4, 0.5) is 10.5 Å². The number of aromatic hydroxyl groups is 1. The summed E-state index contributed by atoms with van der Waals surface area (Å²) >= 11 is 0.538. The molecule has 10 nitrogen and oxygen atoms in total. The van der Waals surface area contributed by atoms with Crippen LogP contribution >= 0.6 is 11.8 Å². The average molecular weight is 382 g/mol. The molecule has 1 aromatic carbocycles. The van der Waals surface area contributed by atoms with E-state index in [9.17, 15) is 29.6 Å². The van der Waals surface area contributed by atoms with Crippen LogP contribution < -0.4 is 4.74 Å². The van der Waals surface area contributed by atoms with Crippen molar-refractivity contribution in [2.75, 3.05) is 14.2 Å². The number of carbonyl (C=O) groups excluding carboxylic acids is 3. The van der Waals surface area contributed by atoms with E-state index >= 15 is 0 Å². The van der Waals surface area contributed by atoms with Gasteiger partial charge in [0.2, 0.25) is 0 Å². The minimum absolute atomic E-state index is 0.0766. The number of nitro benzene ring substituents is 1. The highest BCUT2D eigenvalue weighted by atomic mass is 32.2. The van der Waals surface area contributed by atoms with Crippen molar-refractivity contribution in [2.45, 2.75) is 13.0 Å². The molecule has 2 amide bonds. The molecule has 1 atom stereocenters. The number of hydrogen-bond acceptors (Lipinski definition) is 9. The van der Waals surface area contributed by atoms with Gasteiger partial charge in [0.15, 0.2) is 11.5 Å². The number of thioether (sulfide) groups is 1. The van der Waals surface area contributed by atoms with E-state index < -0.39 is 33.8 Å². The zero-order chi connectivity index (χ0) is 19.6. The van der Waals surface area contributed by atoms with Gasteiger partial charge in [0, 0.05) is 11.6 Å². The molecule has 1 aliphatic heterocycles. The largest absolute Gasteiger partial charge is 0.504 e. The Morgan fingerprint density at radius 3 is 2.58 bits per heavy atom. The van der Waals surface area contributed by atoms with Gasteiger partial charge in [0.1, 0.15) is 6.04 Å². The number of rotatable bonds is 5. The molecule has 138 valence electrons. The fraction of sp³-hybridized carbons (Fsp3) is 0.267. The molecule has 0 aromatic heterocycles.